The van der Waals surface area contributed by atoms with E-state index in [1.807, 2.05) is 68.4 Å². The lowest BCUT2D eigenvalue weighted by Crippen LogP contribution is -2.30. The van der Waals surface area contributed by atoms with Gasteiger partial charge in [-0.1, -0.05) is 37.3 Å². The molecular formula is C18H21NO2. The monoisotopic (exact) mass is 283 g/mol. The second-order valence-electron chi connectivity index (χ2n) is 4.73. The third kappa shape index (κ3) is 3.63. The molecule has 2 aromatic carbocycles. The number of carbonyl (C=O) groups excluding carboxylic acids is 1. The molecule has 0 saturated heterocycles. The molecule has 0 bridgehead atoms. The Morgan fingerprint density at radius 2 is 1.67 bits per heavy atom. The SMILES string of the molecule is CCCOc1ccccc1C(=O)N(CC)c1ccccc1. The van der Waals surface area contributed by atoms with Gasteiger partial charge in [-0.05, 0) is 37.6 Å². The molecule has 21 heavy (non-hydrogen) atoms. The summed E-state index contributed by atoms with van der Waals surface area (Å²) in [4.78, 5) is 14.6. The van der Waals surface area contributed by atoms with Crippen molar-refractivity contribution in [3.05, 3.63) is 60.2 Å². The van der Waals surface area contributed by atoms with Gasteiger partial charge in [-0.15, -0.1) is 0 Å². The highest BCUT2D eigenvalue weighted by Crippen LogP contribution is 2.23. The van der Waals surface area contributed by atoms with Crippen molar-refractivity contribution in [1.29, 1.82) is 0 Å². The summed E-state index contributed by atoms with van der Waals surface area (Å²) in [6.07, 6.45) is 0.915. The predicted octanol–water partition coefficient (Wildman–Crippen LogP) is 4.14. The van der Waals surface area contributed by atoms with Crippen LogP contribution in [0.1, 0.15) is 30.6 Å². The van der Waals surface area contributed by atoms with E-state index in [0.29, 0.717) is 24.5 Å². The summed E-state index contributed by atoms with van der Waals surface area (Å²) in [5, 5.41) is 0. The van der Waals surface area contributed by atoms with Crippen LogP contribution in [0.15, 0.2) is 54.6 Å². The van der Waals surface area contributed by atoms with E-state index in [1.54, 1.807) is 4.90 Å². The Bertz CT molecular complexity index is 581. The highest BCUT2D eigenvalue weighted by atomic mass is 16.5. The molecule has 0 atom stereocenters. The van der Waals surface area contributed by atoms with Crippen molar-refractivity contribution < 1.29 is 9.53 Å². The molecule has 0 radical (unpaired) electrons. The molecule has 110 valence electrons. The van der Waals surface area contributed by atoms with Crippen LogP contribution in [0, 0.1) is 0 Å². The number of hydrogen-bond donors (Lipinski definition) is 0. The van der Waals surface area contributed by atoms with Crippen molar-refractivity contribution in [3.8, 4) is 5.75 Å². The number of nitrogens with zero attached hydrogens (tertiary/aromatic N) is 1. The van der Waals surface area contributed by atoms with E-state index >= 15 is 0 Å². The van der Waals surface area contributed by atoms with E-state index in [1.165, 1.54) is 0 Å². The first-order chi connectivity index (χ1) is 10.3. The number of para-hydroxylation sites is 2. The number of rotatable bonds is 6. The van der Waals surface area contributed by atoms with Crippen molar-refractivity contribution >= 4 is 11.6 Å². The van der Waals surface area contributed by atoms with Gasteiger partial charge in [0.05, 0.1) is 12.2 Å². The molecule has 2 aromatic rings. The van der Waals surface area contributed by atoms with E-state index in [4.69, 9.17) is 4.74 Å². The standard InChI is InChI=1S/C18H21NO2/c1-3-14-21-17-13-9-8-12-16(17)18(20)19(4-2)15-10-6-5-7-11-15/h5-13H,3-4,14H2,1-2H3. The van der Waals surface area contributed by atoms with Crippen molar-refractivity contribution in [1.82, 2.24) is 0 Å². The van der Waals surface area contributed by atoms with Crippen LogP contribution in [0.2, 0.25) is 0 Å². The molecule has 3 heteroatoms. The maximum absolute atomic E-state index is 12.8. The zero-order valence-electron chi connectivity index (χ0n) is 12.6. The van der Waals surface area contributed by atoms with Gasteiger partial charge in [0, 0.05) is 12.2 Å². The lowest BCUT2D eigenvalue weighted by Gasteiger charge is -2.22. The van der Waals surface area contributed by atoms with Crippen LogP contribution in [-0.2, 0) is 0 Å². The van der Waals surface area contributed by atoms with Gasteiger partial charge in [-0.2, -0.15) is 0 Å². The van der Waals surface area contributed by atoms with Crippen LogP contribution >= 0.6 is 0 Å². The van der Waals surface area contributed by atoms with Crippen LogP contribution in [0.25, 0.3) is 0 Å². The highest BCUT2D eigenvalue weighted by Gasteiger charge is 2.19. The molecule has 0 N–H and O–H groups in total. The normalized spacial score (nSPS) is 10.2. The number of benzene rings is 2. The lowest BCUT2D eigenvalue weighted by atomic mass is 10.1. The molecule has 3 nitrogen and oxygen atoms in total. The fraction of sp³-hybridized carbons (Fsp3) is 0.278. The maximum Gasteiger partial charge on any atom is 0.262 e. The van der Waals surface area contributed by atoms with E-state index < -0.39 is 0 Å². The molecule has 0 aliphatic carbocycles. The molecular weight excluding hydrogens is 262 g/mol. The second-order valence-corrected chi connectivity index (χ2v) is 4.73. The number of anilines is 1. The minimum atomic E-state index is -0.0320. The zero-order chi connectivity index (χ0) is 15.1. The van der Waals surface area contributed by atoms with Crippen LogP contribution in [0.5, 0.6) is 5.75 Å². The van der Waals surface area contributed by atoms with Crippen LogP contribution in [0.3, 0.4) is 0 Å². The van der Waals surface area contributed by atoms with Crippen LogP contribution in [0.4, 0.5) is 5.69 Å². The fourth-order valence-electron chi connectivity index (χ4n) is 2.18. The molecule has 0 unspecified atom stereocenters. The Balaban J connectivity index is 2.30. The lowest BCUT2D eigenvalue weighted by molar-refractivity contribution is 0.0984. The summed E-state index contributed by atoms with van der Waals surface area (Å²) >= 11 is 0. The minimum Gasteiger partial charge on any atom is -0.493 e. The molecule has 0 aromatic heterocycles. The summed E-state index contributed by atoms with van der Waals surface area (Å²) < 4.78 is 5.69. The first kappa shape index (κ1) is 15.1. The third-order valence-electron chi connectivity index (χ3n) is 3.21. The molecule has 0 saturated carbocycles. The summed E-state index contributed by atoms with van der Waals surface area (Å²) in [6, 6.07) is 17.1. The Morgan fingerprint density at radius 3 is 2.33 bits per heavy atom. The Morgan fingerprint density at radius 1 is 1.00 bits per heavy atom. The van der Waals surface area contributed by atoms with Crippen LogP contribution in [-0.4, -0.2) is 19.1 Å². The smallest absolute Gasteiger partial charge is 0.262 e. The van der Waals surface area contributed by atoms with Crippen LogP contribution < -0.4 is 9.64 Å². The van der Waals surface area contributed by atoms with E-state index in [-0.39, 0.29) is 5.91 Å². The molecule has 0 spiro atoms. The molecule has 0 aliphatic heterocycles. The quantitative estimate of drug-likeness (QED) is 0.797. The van der Waals surface area contributed by atoms with Crippen molar-refractivity contribution in [3.63, 3.8) is 0 Å². The van der Waals surface area contributed by atoms with Gasteiger partial charge in [0.1, 0.15) is 5.75 Å². The first-order valence-corrected chi connectivity index (χ1v) is 7.36. The Kier molecular flexibility index (Phi) is 5.38. The van der Waals surface area contributed by atoms with Gasteiger partial charge in [0.2, 0.25) is 0 Å². The van der Waals surface area contributed by atoms with Gasteiger partial charge < -0.3 is 9.64 Å². The summed E-state index contributed by atoms with van der Waals surface area (Å²) in [5.41, 5.74) is 1.51. The van der Waals surface area contributed by atoms with E-state index in [9.17, 15) is 4.79 Å². The van der Waals surface area contributed by atoms with Gasteiger partial charge in [0.15, 0.2) is 0 Å². The molecule has 1 amide bonds. The Hall–Kier alpha value is -2.29. The van der Waals surface area contributed by atoms with E-state index in [2.05, 4.69) is 0 Å². The largest absolute Gasteiger partial charge is 0.493 e. The minimum absolute atomic E-state index is 0.0320. The van der Waals surface area contributed by atoms with Crippen molar-refractivity contribution in [2.24, 2.45) is 0 Å². The van der Waals surface area contributed by atoms with E-state index in [0.717, 1.165) is 12.1 Å². The van der Waals surface area contributed by atoms with Crippen molar-refractivity contribution in [2.75, 3.05) is 18.1 Å². The molecule has 0 aliphatic rings. The maximum atomic E-state index is 12.8. The molecule has 2 rings (SSSR count). The summed E-state index contributed by atoms with van der Waals surface area (Å²) in [7, 11) is 0. The van der Waals surface area contributed by atoms with Gasteiger partial charge in [0.25, 0.3) is 5.91 Å². The topological polar surface area (TPSA) is 29.5 Å². The van der Waals surface area contributed by atoms with Crippen molar-refractivity contribution in [2.45, 2.75) is 20.3 Å². The van der Waals surface area contributed by atoms with Gasteiger partial charge in [-0.25, -0.2) is 0 Å². The number of carbonyl (C=O) groups is 1. The number of amides is 1. The van der Waals surface area contributed by atoms with Gasteiger partial charge in [-0.3, -0.25) is 4.79 Å². The predicted molar refractivity (Wildman–Crippen MR) is 86.0 cm³/mol. The average Bonchev–Trinajstić information content (AvgIpc) is 2.55. The summed E-state index contributed by atoms with van der Waals surface area (Å²) in [5.74, 6) is 0.620. The molecule has 0 heterocycles. The molecule has 0 fully saturated rings. The number of hydrogen-bond acceptors (Lipinski definition) is 2. The second kappa shape index (κ2) is 7.48. The number of ether oxygens (including phenoxy) is 1. The van der Waals surface area contributed by atoms with Gasteiger partial charge >= 0.3 is 0 Å². The Labute approximate surface area is 126 Å². The third-order valence-corrected chi connectivity index (χ3v) is 3.21. The average molecular weight is 283 g/mol. The highest BCUT2D eigenvalue weighted by molar-refractivity contribution is 6.07. The summed E-state index contributed by atoms with van der Waals surface area (Å²) in [6.45, 7) is 5.25. The first-order valence-electron chi connectivity index (χ1n) is 7.36. The zero-order valence-corrected chi connectivity index (χ0v) is 12.6. The fourth-order valence-corrected chi connectivity index (χ4v) is 2.18.